The number of aromatic nitrogens is 2. The lowest BCUT2D eigenvalue weighted by Gasteiger charge is -1.95. The highest BCUT2D eigenvalue weighted by atomic mass is 32.2. The first kappa shape index (κ1) is 15.7. The van der Waals surface area contributed by atoms with Crippen LogP contribution in [0.4, 0.5) is 0 Å². The minimum Gasteiger partial charge on any atom is -0.364 e. The Morgan fingerprint density at radius 2 is 1.80 bits per heavy atom. The van der Waals surface area contributed by atoms with E-state index in [2.05, 4.69) is 9.97 Å². The van der Waals surface area contributed by atoms with E-state index in [4.69, 9.17) is 10.3 Å². The molecular formula is C12H13N3O4S. The molecule has 0 bridgehead atoms. The van der Waals surface area contributed by atoms with Crippen molar-refractivity contribution in [2.75, 3.05) is 0 Å². The lowest BCUT2D eigenvalue weighted by atomic mass is 10.2. The Balaban J connectivity index is 0.000000204. The summed E-state index contributed by atoms with van der Waals surface area (Å²) in [5.74, 6) is -0.553. The summed E-state index contributed by atoms with van der Waals surface area (Å²) in [6.45, 7) is 1.84. The predicted molar refractivity (Wildman–Crippen MR) is 71.5 cm³/mol. The molecular weight excluding hydrogens is 282 g/mol. The zero-order chi connectivity index (χ0) is 15.2. The van der Waals surface area contributed by atoms with Gasteiger partial charge in [-0.3, -0.25) is 14.3 Å². The van der Waals surface area contributed by atoms with E-state index in [-0.39, 0.29) is 10.6 Å². The van der Waals surface area contributed by atoms with Crippen LogP contribution < -0.4 is 5.73 Å². The maximum absolute atomic E-state index is 10.5. The fourth-order valence-electron chi connectivity index (χ4n) is 1.14. The molecule has 1 aromatic heterocycles. The van der Waals surface area contributed by atoms with Gasteiger partial charge in [0.05, 0.1) is 11.1 Å². The molecule has 2 rings (SSSR count). The van der Waals surface area contributed by atoms with E-state index in [0.717, 1.165) is 5.56 Å². The third kappa shape index (κ3) is 5.12. The van der Waals surface area contributed by atoms with E-state index in [1.807, 2.05) is 6.92 Å². The third-order valence-corrected chi connectivity index (χ3v) is 3.00. The summed E-state index contributed by atoms with van der Waals surface area (Å²) in [7, 11) is -4.02. The van der Waals surface area contributed by atoms with Gasteiger partial charge >= 0.3 is 0 Å². The molecule has 0 atom stereocenters. The second-order valence-electron chi connectivity index (χ2n) is 3.74. The van der Waals surface area contributed by atoms with Crippen molar-refractivity contribution in [3.8, 4) is 0 Å². The molecule has 8 heteroatoms. The van der Waals surface area contributed by atoms with Gasteiger partial charge in [-0.1, -0.05) is 17.7 Å². The van der Waals surface area contributed by atoms with Gasteiger partial charge in [-0.2, -0.15) is 8.42 Å². The second kappa shape index (κ2) is 6.73. The Morgan fingerprint density at radius 3 is 2.15 bits per heavy atom. The standard InChI is InChI=1S/C7H8O3S.C5H5N3O/c1-6-2-4-7(5-3-6)11(8,9)10;6-5(9)4-3-7-1-2-8-4/h2-5H,1H3,(H,8,9,10);1-3H,(H2,6,9). The second-order valence-corrected chi connectivity index (χ2v) is 5.16. The monoisotopic (exact) mass is 295 g/mol. The summed E-state index contributed by atoms with van der Waals surface area (Å²) in [5, 5.41) is 0. The van der Waals surface area contributed by atoms with Crippen molar-refractivity contribution in [1.82, 2.24) is 9.97 Å². The lowest BCUT2D eigenvalue weighted by molar-refractivity contribution is 0.0995. The summed E-state index contributed by atoms with van der Waals surface area (Å²) in [5.41, 5.74) is 6.02. The van der Waals surface area contributed by atoms with Crippen molar-refractivity contribution >= 4 is 16.0 Å². The van der Waals surface area contributed by atoms with Crippen LogP contribution in [0.15, 0.2) is 47.8 Å². The zero-order valence-electron chi connectivity index (χ0n) is 10.6. The number of rotatable bonds is 2. The third-order valence-electron chi connectivity index (χ3n) is 2.13. The van der Waals surface area contributed by atoms with Crippen LogP contribution in [0.25, 0.3) is 0 Å². The maximum Gasteiger partial charge on any atom is 0.294 e. The Morgan fingerprint density at radius 1 is 1.20 bits per heavy atom. The molecule has 0 aliphatic heterocycles. The summed E-state index contributed by atoms with van der Waals surface area (Å²) in [6, 6.07) is 5.99. The lowest BCUT2D eigenvalue weighted by Crippen LogP contribution is -2.12. The molecule has 3 N–H and O–H groups in total. The van der Waals surface area contributed by atoms with E-state index in [0.29, 0.717) is 0 Å². The Hall–Kier alpha value is -2.32. The Kier molecular flexibility index (Phi) is 5.30. The topological polar surface area (TPSA) is 123 Å². The highest BCUT2D eigenvalue weighted by Crippen LogP contribution is 2.08. The van der Waals surface area contributed by atoms with Crippen molar-refractivity contribution in [3.05, 3.63) is 54.1 Å². The van der Waals surface area contributed by atoms with Crippen LogP contribution in [0.2, 0.25) is 0 Å². The largest absolute Gasteiger partial charge is 0.364 e. The van der Waals surface area contributed by atoms with Crippen molar-refractivity contribution in [2.24, 2.45) is 5.73 Å². The molecule has 0 fully saturated rings. The number of benzene rings is 1. The number of hydrogen-bond acceptors (Lipinski definition) is 5. The fraction of sp³-hybridized carbons (Fsp3) is 0.0833. The van der Waals surface area contributed by atoms with Crippen LogP contribution in [0.3, 0.4) is 0 Å². The molecule has 0 saturated carbocycles. The summed E-state index contributed by atoms with van der Waals surface area (Å²) >= 11 is 0. The molecule has 0 radical (unpaired) electrons. The molecule has 0 saturated heterocycles. The van der Waals surface area contributed by atoms with Gasteiger partial charge in [-0.05, 0) is 19.1 Å². The molecule has 1 amide bonds. The number of primary amides is 1. The van der Waals surface area contributed by atoms with Gasteiger partial charge in [0.2, 0.25) is 0 Å². The van der Waals surface area contributed by atoms with E-state index in [1.165, 1.54) is 30.7 Å². The van der Waals surface area contributed by atoms with Crippen molar-refractivity contribution in [1.29, 1.82) is 0 Å². The quantitative estimate of drug-likeness (QED) is 0.790. The number of aryl methyl sites for hydroxylation is 1. The van der Waals surface area contributed by atoms with Gasteiger partial charge in [0, 0.05) is 12.4 Å². The molecule has 1 heterocycles. The number of hydrogen-bond donors (Lipinski definition) is 2. The number of nitrogens with zero attached hydrogens (tertiary/aromatic N) is 2. The first-order valence-electron chi connectivity index (χ1n) is 5.40. The molecule has 0 aliphatic rings. The molecule has 2 aromatic rings. The molecule has 0 unspecified atom stereocenters. The van der Waals surface area contributed by atoms with Gasteiger partial charge in [0.15, 0.2) is 0 Å². The SMILES string of the molecule is Cc1ccc(S(=O)(=O)O)cc1.NC(=O)c1cnccn1. The highest BCUT2D eigenvalue weighted by molar-refractivity contribution is 7.85. The molecule has 7 nitrogen and oxygen atoms in total. The average Bonchev–Trinajstić information content (AvgIpc) is 2.40. The number of nitrogens with two attached hydrogens (primary N) is 1. The molecule has 0 aliphatic carbocycles. The van der Waals surface area contributed by atoms with Crippen molar-refractivity contribution in [3.63, 3.8) is 0 Å². The Labute approximate surface area is 116 Å². The first-order valence-corrected chi connectivity index (χ1v) is 6.84. The fourth-order valence-corrected chi connectivity index (χ4v) is 1.62. The van der Waals surface area contributed by atoms with Crippen LogP contribution >= 0.6 is 0 Å². The van der Waals surface area contributed by atoms with Crippen LogP contribution in [-0.2, 0) is 10.1 Å². The van der Waals surface area contributed by atoms with Gasteiger partial charge in [0.25, 0.3) is 16.0 Å². The van der Waals surface area contributed by atoms with Crippen LogP contribution in [-0.4, -0.2) is 28.8 Å². The van der Waals surface area contributed by atoms with Crippen molar-refractivity contribution < 1.29 is 17.8 Å². The zero-order valence-corrected chi connectivity index (χ0v) is 11.4. The van der Waals surface area contributed by atoms with Gasteiger partial charge in [-0.15, -0.1) is 0 Å². The van der Waals surface area contributed by atoms with E-state index < -0.39 is 16.0 Å². The molecule has 1 aromatic carbocycles. The number of carbonyl (C=O) groups is 1. The minimum atomic E-state index is -4.02. The molecule has 106 valence electrons. The van der Waals surface area contributed by atoms with E-state index >= 15 is 0 Å². The first-order chi connectivity index (χ1) is 9.30. The summed E-state index contributed by atoms with van der Waals surface area (Å²) < 4.78 is 29.6. The van der Waals surface area contributed by atoms with Crippen LogP contribution in [0, 0.1) is 6.92 Å². The van der Waals surface area contributed by atoms with Crippen molar-refractivity contribution in [2.45, 2.75) is 11.8 Å². The molecule has 20 heavy (non-hydrogen) atoms. The predicted octanol–water partition coefficient (Wildman–Crippen LogP) is 0.817. The Bertz CT molecular complexity index is 670. The summed E-state index contributed by atoms with van der Waals surface area (Å²) in [4.78, 5) is 17.5. The number of carbonyl (C=O) groups excluding carboxylic acids is 1. The smallest absolute Gasteiger partial charge is 0.294 e. The van der Waals surface area contributed by atoms with Gasteiger partial charge < -0.3 is 5.73 Å². The van der Waals surface area contributed by atoms with Crippen LogP contribution in [0.5, 0.6) is 0 Å². The van der Waals surface area contributed by atoms with E-state index in [1.54, 1.807) is 12.1 Å². The highest BCUT2D eigenvalue weighted by Gasteiger charge is 2.06. The minimum absolute atomic E-state index is 0.0666. The van der Waals surface area contributed by atoms with Gasteiger partial charge in [-0.25, -0.2) is 4.98 Å². The van der Waals surface area contributed by atoms with E-state index in [9.17, 15) is 13.2 Å². The maximum atomic E-state index is 10.5. The number of amides is 1. The summed E-state index contributed by atoms with van der Waals surface area (Å²) in [6.07, 6.45) is 4.22. The molecule has 0 spiro atoms. The van der Waals surface area contributed by atoms with Gasteiger partial charge in [0.1, 0.15) is 5.69 Å². The normalized spacial score (nSPS) is 10.3. The average molecular weight is 295 g/mol. The van der Waals surface area contributed by atoms with Crippen LogP contribution in [0.1, 0.15) is 16.1 Å².